The number of benzene rings is 1. The first-order valence-corrected chi connectivity index (χ1v) is 9.73. The highest BCUT2D eigenvalue weighted by Gasteiger charge is 2.58. The highest BCUT2D eigenvalue weighted by molar-refractivity contribution is 5.82. The fourth-order valence-corrected chi connectivity index (χ4v) is 5.41. The van der Waals surface area contributed by atoms with Gasteiger partial charge in [-0.3, -0.25) is 4.79 Å². The van der Waals surface area contributed by atoms with Crippen molar-refractivity contribution in [2.75, 3.05) is 20.8 Å². The maximum atomic E-state index is 12.9. The van der Waals surface area contributed by atoms with Crippen LogP contribution >= 0.6 is 0 Å². The zero-order chi connectivity index (χ0) is 18.5. The highest BCUT2D eigenvalue weighted by Crippen LogP contribution is 2.58. The lowest BCUT2D eigenvalue weighted by Gasteiger charge is -2.51. The van der Waals surface area contributed by atoms with Gasteiger partial charge in [-0.2, -0.15) is 0 Å². The van der Waals surface area contributed by atoms with Crippen LogP contribution < -0.4 is 9.47 Å². The number of hydrogen-bond acceptors (Lipinski definition) is 4. The van der Waals surface area contributed by atoms with Crippen molar-refractivity contribution in [3.05, 3.63) is 23.3 Å². The molecule has 0 bridgehead atoms. The van der Waals surface area contributed by atoms with E-state index in [1.807, 2.05) is 13.8 Å². The number of carbonyl (C=O) groups excluding carboxylic acids is 1. The van der Waals surface area contributed by atoms with Crippen molar-refractivity contribution in [1.29, 1.82) is 0 Å². The summed E-state index contributed by atoms with van der Waals surface area (Å²) in [5, 5.41) is 0. The lowest BCUT2D eigenvalue weighted by atomic mass is 9.66. The van der Waals surface area contributed by atoms with Gasteiger partial charge in [0.25, 0.3) is 0 Å². The van der Waals surface area contributed by atoms with Crippen molar-refractivity contribution >= 4 is 5.91 Å². The van der Waals surface area contributed by atoms with E-state index in [2.05, 4.69) is 17.0 Å². The second kappa shape index (κ2) is 6.45. The lowest BCUT2D eigenvalue weighted by Crippen LogP contribution is -2.53. The van der Waals surface area contributed by atoms with Crippen LogP contribution in [0.25, 0.3) is 0 Å². The number of nitrogens with zero attached hydrogens (tertiary/aromatic N) is 1. The van der Waals surface area contributed by atoms with Gasteiger partial charge in [-0.15, -0.1) is 0 Å². The Kier molecular flexibility index (Phi) is 4.38. The normalized spacial score (nSPS) is 30.0. The first-order chi connectivity index (χ1) is 12.5. The Morgan fingerprint density at radius 3 is 2.58 bits per heavy atom. The van der Waals surface area contributed by atoms with Gasteiger partial charge in [0.05, 0.1) is 32.4 Å². The predicted molar refractivity (Wildman–Crippen MR) is 98.5 cm³/mol. The fraction of sp³-hybridized carbons (Fsp3) is 0.667. The van der Waals surface area contributed by atoms with Gasteiger partial charge in [0.15, 0.2) is 11.5 Å². The molecule has 1 aromatic carbocycles. The Hall–Kier alpha value is -1.75. The third kappa shape index (κ3) is 2.43. The Balaban J connectivity index is 1.92. The first-order valence-electron chi connectivity index (χ1n) is 9.73. The zero-order valence-electron chi connectivity index (χ0n) is 16.2. The number of carbonyl (C=O) groups is 1. The summed E-state index contributed by atoms with van der Waals surface area (Å²) in [4.78, 5) is 15.0. The molecule has 0 unspecified atom stereocenters. The molecule has 1 saturated heterocycles. The minimum atomic E-state index is -0.193. The van der Waals surface area contributed by atoms with Crippen LogP contribution in [0.15, 0.2) is 12.1 Å². The molecule has 1 spiro atoms. The van der Waals surface area contributed by atoms with Crippen molar-refractivity contribution in [3.63, 3.8) is 0 Å². The van der Waals surface area contributed by atoms with Crippen molar-refractivity contribution in [2.45, 2.75) is 63.7 Å². The van der Waals surface area contributed by atoms with Crippen LogP contribution in [-0.4, -0.2) is 37.7 Å². The van der Waals surface area contributed by atoms with E-state index < -0.39 is 0 Å². The third-order valence-corrected chi connectivity index (χ3v) is 6.39. The number of methoxy groups -OCH3 is 2. The molecule has 142 valence electrons. The number of amides is 1. The molecule has 1 aromatic rings. The Morgan fingerprint density at radius 2 is 1.88 bits per heavy atom. The summed E-state index contributed by atoms with van der Waals surface area (Å²) >= 11 is 0. The van der Waals surface area contributed by atoms with E-state index in [4.69, 9.17) is 14.2 Å². The van der Waals surface area contributed by atoms with Crippen molar-refractivity contribution < 1.29 is 19.0 Å². The lowest BCUT2D eigenvalue weighted by molar-refractivity contribution is -0.138. The van der Waals surface area contributed by atoms with Gasteiger partial charge < -0.3 is 19.1 Å². The topological polar surface area (TPSA) is 48.0 Å². The molecule has 2 aliphatic heterocycles. The molecule has 1 saturated carbocycles. The molecule has 5 heteroatoms. The molecule has 0 radical (unpaired) electrons. The van der Waals surface area contributed by atoms with Gasteiger partial charge in [0.2, 0.25) is 5.91 Å². The van der Waals surface area contributed by atoms with E-state index in [1.54, 1.807) is 14.2 Å². The van der Waals surface area contributed by atoms with Crippen molar-refractivity contribution in [2.24, 2.45) is 5.92 Å². The van der Waals surface area contributed by atoms with E-state index in [-0.39, 0.29) is 23.7 Å². The van der Waals surface area contributed by atoms with Crippen molar-refractivity contribution in [1.82, 2.24) is 4.90 Å². The van der Waals surface area contributed by atoms with Gasteiger partial charge in [0.1, 0.15) is 6.10 Å². The molecule has 1 amide bonds. The SMILES string of the molecule is COc1cc2c(cc1OC)[C@]13CCCC[C@H]1CC(=O)N3C[C@H]2OC(C)C. The second-order valence-electron chi connectivity index (χ2n) is 8.04. The molecule has 3 aliphatic rings. The molecule has 0 N–H and O–H groups in total. The summed E-state index contributed by atoms with van der Waals surface area (Å²) in [6.07, 6.45) is 5.13. The average molecular weight is 359 g/mol. The van der Waals surface area contributed by atoms with Gasteiger partial charge in [0, 0.05) is 6.42 Å². The zero-order valence-corrected chi connectivity index (χ0v) is 16.2. The minimum absolute atomic E-state index is 0.0925. The van der Waals surface area contributed by atoms with E-state index in [1.165, 1.54) is 12.0 Å². The van der Waals surface area contributed by atoms with Crippen LogP contribution in [0, 0.1) is 5.92 Å². The van der Waals surface area contributed by atoms with Crippen molar-refractivity contribution in [3.8, 4) is 11.5 Å². The Morgan fingerprint density at radius 1 is 1.15 bits per heavy atom. The number of fused-ring (bicyclic) bond motifs is 1. The highest BCUT2D eigenvalue weighted by atomic mass is 16.5. The van der Waals surface area contributed by atoms with Gasteiger partial charge in [-0.25, -0.2) is 0 Å². The summed E-state index contributed by atoms with van der Waals surface area (Å²) in [6.45, 7) is 4.72. The van der Waals surface area contributed by atoms with Crippen LogP contribution in [0.3, 0.4) is 0 Å². The van der Waals surface area contributed by atoms with Gasteiger partial charge >= 0.3 is 0 Å². The second-order valence-corrected chi connectivity index (χ2v) is 8.04. The molecule has 2 heterocycles. The summed E-state index contributed by atoms with van der Waals surface area (Å²) in [5.41, 5.74) is 2.18. The molecule has 0 aromatic heterocycles. The van der Waals surface area contributed by atoms with Gasteiger partial charge in [-0.1, -0.05) is 12.8 Å². The smallest absolute Gasteiger partial charge is 0.223 e. The van der Waals surface area contributed by atoms with Crippen LogP contribution in [0.4, 0.5) is 0 Å². The van der Waals surface area contributed by atoms with Crippen LogP contribution in [0.1, 0.15) is 63.2 Å². The minimum Gasteiger partial charge on any atom is -0.493 e. The molecule has 26 heavy (non-hydrogen) atoms. The van der Waals surface area contributed by atoms with Crippen LogP contribution in [0.5, 0.6) is 11.5 Å². The summed E-state index contributed by atoms with van der Waals surface area (Å²) < 4.78 is 17.4. The summed E-state index contributed by atoms with van der Waals surface area (Å²) in [7, 11) is 3.33. The molecular formula is C21H29NO4. The number of ether oxygens (including phenoxy) is 3. The maximum absolute atomic E-state index is 12.9. The van der Waals surface area contributed by atoms with Crippen LogP contribution in [0.2, 0.25) is 0 Å². The predicted octanol–water partition coefficient (Wildman–Crippen LogP) is 3.80. The number of hydrogen-bond donors (Lipinski definition) is 0. The van der Waals surface area contributed by atoms with E-state index in [0.29, 0.717) is 18.9 Å². The molecule has 1 aliphatic carbocycles. The monoisotopic (exact) mass is 359 g/mol. The molecule has 2 fully saturated rings. The van der Waals surface area contributed by atoms with E-state index >= 15 is 0 Å². The quantitative estimate of drug-likeness (QED) is 0.820. The summed E-state index contributed by atoms with van der Waals surface area (Å²) in [5.74, 6) is 2.12. The number of rotatable bonds is 4. The maximum Gasteiger partial charge on any atom is 0.223 e. The fourth-order valence-electron chi connectivity index (χ4n) is 5.41. The van der Waals surface area contributed by atoms with E-state index in [0.717, 1.165) is 36.3 Å². The molecular weight excluding hydrogens is 330 g/mol. The largest absolute Gasteiger partial charge is 0.493 e. The van der Waals surface area contributed by atoms with E-state index in [9.17, 15) is 4.79 Å². The first kappa shape index (κ1) is 17.7. The standard InChI is InChI=1S/C21H29NO4/c1-13(2)26-19-12-22-20(23)9-14-7-5-6-8-21(14,22)16-11-18(25-4)17(24-3)10-15(16)19/h10-11,13-14,19H,5-9,12H2,1-4H3/t14-,19+,21-/m0/s1. The molecule has 5 nitrogen and oxygen atoms in total. The average Bonchev–Trinajstić information content (AvgIpc) is 2.93. The Labute approximate surface area is 155 Å². The third-order valence-electron chi connectivity index (χ3n) is 6.39. The Bertz CT molecular complexity index is 716. The summed E-state index contributed by atoms with van der Waals surface area (Å²) in [6, 6.07) is 4.18. The molecule has 4 rings (SSSR count). The van der Waals surface area contributed by atoms with Gasteiger partial charge in [-0.05, 0) is 55.9 Å². The van der Waals surface area contributed by atoms with Crippen LogP contribution in [-0.2, 0) is 15.1 Å². The molecule has 3 atom stereocenters.